The summed E-state index contributed by atoms with van der Waals surface area (Å²) >= 11 is 11.1. The zero-order valence-corrected chi connectivity index (χ0v) is 11.9. The summed E-state index contributed by atoms with van der Waals surface area (Å²) in [6, 6.07) is 3.20. The Morgan fingerprint density at radius 3 is 2.48 bits per heavy atom. The highest BCUT2D eigenvalue weighted by Crippen LogP contribution is 2.38. The van der Waals surface area contributed by atoms with Gasteiger partial charge in [0, 0.05) is 12.7 Å². The lowest BCUT2D eigenvalue weighted by molar-refractivity contribution is -0.137. The summed E-state index contributed by atoms with van der Waals surface area (Å²) in [6.07, 6.45) is -3.78. The molecule has 0 amide bonds. The molecule has 0 aliphatic rings. The largest absolute Gasteiger partial charge is 0.417 e. The Kier molecular flexibility index (Phi) is 4.25. The van der Waals surface area contributed by atoms with Gasteiger partial charge >= 0.3 is 6.18 Å². The molecule has 2 rings (SSSR count). The van der Waals surface area contributed by atoms with Gasteiger partial charge in [0.05, 0.1) is 16.8 Å². The maximum atomic E-state index is 13.6. The third kappa shape index (κ3) is 3.36. The van der Waals surface area contributed by atoms with Crippen molar-refractivity contribution in [2.24, 2.45) is 0 Å². The topological polar surface area (TPSA) is 29.0 Å². The zero-order chi connectivity index (χ0) is 15.8. The number of rotatable bonds is 2. The number of alkyl halides is 3. The Morgan fingerprint density at radius 2 is 1.86 bits per heavy atom. The molecule has 0 aliphatic heterocycles. The lowest BCUT2D eigenvalue weighted by Gasteiger charge is -2.20. The Labute approximate surface area is 127 Å². The van der Waals surface area contributed by atoms with Crippen LogP contribution in [0.1, 0.15) is 5.56 Å². The predicted molar refractivity (Wildman–Crippen MR) is 71.5 cm³/mol. The van der Waals surface area contributed by atoms with Gasteiger partial charge in [-0.15, -0.1) is 0 Å². The molecule has 0 unspecified atom stereocenters. The molecule has 0 bridgehead atoms. The van der Waals surface area contributed by atoms with Gasteiger partial charge in [-0.05, 0) is 29.8 Å². The molecule has 0 aliphatic carbocycles. The van der Waals surface area contributed by atoms with E-state index in [2.05, 4.69) is 9.97 Å². The summed E-state index contributed by atoms with van der Waals surface area (Å²) in [5, 5.41) is -0.663. The highest BCUT2D eigenvalue weighted by molar-refractivity contribution is 6.31. The van der Waals surface area contributed by atoms with E-state index in [9.17, 15) is 17.6 Å². The molecule has 1 aromatic carbocycles. The van der Waals surface area contributed by atoms with Gasteiger partial charge in [-0.1, -0.05) is 11.6 Å². The van der Waals surface area contributed by atoms with Crippen LogP contribution in [-0.2, 0) is 6.18 Å². The van der Waals surface area contributed by atoms with Crippen LogP contribution in [0.15, 0.2) is 24.4 Å². The van der Waals surface area contributed by atoms with Crippen LogP contribution in [0.5, 0.6) is 0 Å². The maximum absolute atomic E-state index is 13.6. The number of aromatic nitrogens is 2. The maximum Gasteiger partial charge on any atom is 0.417 e. The van der Waals surface area contributed by atoms with E-state index >= 15 is 0 Å². The number of halogens is 6. The van der Waals surface area contributed by atoms with Gasteiger partial charge in [0.2, 0.25) is 5.28 Å². The normalized spacial score (nSPS) is 11.6. The molecule has 0 radical (unpaired) electrons. The van der Waals surface area contributed by atoms with Crippen LogP contribution in [-0.4, -0.2) is 17.0 Å². The average Bonchev–Trinajstić information content (AvgIpc) is 2.40. The fourth-order valence-corrected chi connectivity index (χ4v) is 1.99. The smallest absolute Gasteiger partial charge is 0.327 e. The SMILES string of the molecule is CN(c1ccc(Cl)c(C(F)(F)F)c1)c1nc(Cl)ncc1F. The predicted octanol–water partition coefficient (Wildman–Crippen LogP) is 4.71. The van der Waals surface area contributed by atoms with Gasteiger partial charge in [-0.25, -0.2) is 9.37 Å². The lowest BCUT2D eigenvalue weighted by atomic mass is 10.2. The van der Waals surface area contributed by atoms with Gasteiger partial charge < -0.3 is 4.90 Å². The molecule has 2 aromatic rings. The molecule has 1 aromatic heterocycles. The van der Waals surface area contributed by atoms with Crippen LogP contribution in [0.3, 0.4) is 0 Å². The molecule has 9 heteroatoms. The van der Waals surface area contributed by atoms with E-state index in [0.717, 1.165) is 23.2 Å². The molecule has 112 valence electrons. The molecule has 0 saturated heterocycles. The summed E-state index contributed by atoms with van der Waals surface area (Å²) in [6.45, 7) is 0. The first-order chi connectivity index (χ1) is 9.70. The van der Waals surface area contributed by atoms with Crippen LogP contribution < -0.4 is 4.90 Å². The first kappa shape index (κ1) is 15.8. The number of hydrogen-bond acceptors (Lipinski definition) is 3. The van der Waals surface area contributed by atoms with Crippen molar-refractivity contribution in [3.05, 3.63) is 46.1 Å². The summed E-state index contributed by atoms with van der Waals surface area (Å²) < 4.78 is 52.1. The first-order valence-corrected chi connectivity index (χ1v) is 6.24. The van der Waals surface area contributed by atoms with Crippen molar-refractivity contribution < 1.29 is 17.6 Å². The lowest BCUT2D eigenvalue weighted by Crippen LogP contribution is -2.15. The van der Waals surface area contributed by atoms with Gasteiger partial charge in [0.1, 0.15) is 0 Å². The van der Waals surface area contributed by atoms with Crippen LogP contribution in [0.2, 0.25) is 10.3 Å². The Hall–Kier alpha value is -1.60. The molecule has 3 nitrogen and oxygen atoms in total. The van der Waals surface area contributed by atoms with E-state index in [0.29, 0.717) is 0 Å². The third-order valence-electron chi connectivity index (χ3n) is 2.66. The minimum atomic E-state index is -4.62. The fourth-order valence-electron chi connectivity index (χ4n) is 1.63. The molecule has 0 fully saturated rings. The van der Waals surface area contributed by atoms with Gasteiger partial charge in [-0.3, -0.25) is 0 Å². The van der Waals surface area contributed by atoms with Crippen LogP contribution in [0, 0.1) is 5.82 Å². The number of benzene rings is 1. The fraction of sp³-hybridized carbons (Fsp3) is 0.167. The standard InChI is InChI=1S/C12H7Cl2F4N3/c1-21(10-9(15)5-19-11(14)20-10)6-2-3-8(13)7(4-6)12(16,17)18/h2-5H,1H3. The summed E-state index contributed by atoms with van der Waals surface area (Å²) in [4.78, 5) is 8.21. The van der Waals surface area contributed by atoms with Crippen molar-refractivity contribution in [3.8, 4) is 0 Å². The second-order valence-corrected chi connectivity index (χ2v) is 4.78. The molecular weight excluding hydrogens is 333 g/mol. The first-order valence-electron chi connectivity index (χ1n) is 5.48. The molecule has 21 heavy (non-hydrogen) atoms. The van der Waals surface area contributed by atoms with Crippen molar-refractivity contribution in [1.29, 1.82) is 0 Å². The van der Waals surface area contributed by atoms with E-state index < -0.39 is 22.6 Å². The second-order valence-electron chi connectivity index (χ2n) is 4.03. The highest BCUT2D eigenvalue weighted by Gasteiger charge is 2.33. The van der Waals surface area contributed by atoms with Crippen LogP contribution >= 0.6 is 23.2 Å². The van der Waals surface area contributed by atoms with E-state index in [4.69, 9.17) is 23.2 Å². The monoisotopic (exact) mass is 339 g/mol. The van der Waals surface area contributed by atoms with Gasteiger partial charge in [0.25, 0.3) is 0 Å². The molecule has 0 atom stereocenters. The Bertz CT molecular complexity index is 676. The van der Waals surface area contributed by atoms with E-state index in [1.807, 2.05) is 0 Å². The summed E-state index contributed by atoms with van der Waals surface area (Å²) in [7, 11) is 1.35. The quantitative estimate of drug-likeness (QED) is 0.586. The Morgan fingerprint density at radius 1 is 1.19 bits per heavy atom. The number of hydrogen-bond donors (Lipinski definition) is 0. The molecule has 0 spiro atoms. The van der Waals surface area contributed by atoms with Gasteiger partial charge in [-0.2, -0.15) is 18.2 Å². The van der Waals surface area contributed by atoms with Crippen molar-refractivity contribution in [1.82, 2.24) is 9.97 Å². The second kappa shape index (κ2) is 5.65. The molecular formula is C12H7Cl2F4N3. The molecule has 0 saturated carbocycles. The van der Waals surface area contributed by atoms with E-state index in [-0.39, 0.29) is 16.8 Å². The Balaban J connectivity index is 2.49. The molecule has 1 heterocycles. The van der Waals surface area contributed by atoms with Gasteiger partial charge in [0.15, 0.2) is 11.6 Å². The zero-order valence-electron chi connectivity index (χ0n) is 10.4. The van der Waals surface area contributed by atoms with E-state index in [1.54, 1.807) is 0 Å². The summed E-state index contributed by atoms with van der Waals surface area (Å²) in [5.74, 6) is -1.06. The highest BCUT2D eigenvalue weighted by atomic mass is 35.5. The van der Waals surface area contributed by atoms with Crippen LogP contribution in [0.25, 0.3) is 0 Å². The number of nitrogens with zero attached hydrogens (tertiary/aromatic N) is 3. The third-order valence-corrected chi connectivity index (χ3v) is 3.17. The van der Waals surface area contributed by atoms with Crippen molar-refractivity contribution in [3.63, 3.8) is 0 Å². The van der Waals surface area contributed by atoms with Crippen molar-refractivity contribution >= 4 is 34.7 Å². The minimum absolute atomic E-state index is 0.0559. The van der Waals surface area contributed by atoms with E-state index in [1.165, 1.54) is 13.1 Å². The summed E-state index contributed by atoms with van der Waals surface area (Å²) in [5.41, 5.74) is -0.963. The number of anilines is 2. The molecule has 0 N–H and O–H groups in total. The van der Waals surface area contributed by atoms with Crippen LogP contribution in [0.4, 0.5) is 29.1 Å². The van der Waals surface area contributed by atoms with Crippen molar-refractivity contribution in [2.75, 3.05) is 11.9 Å². The average molecular weight is 340 g/mol. The van der Waals surface area contributed by atoms with Crippen molar-refractivity contribution in [2.45, 2.75) is 6.18 Å². The minimum Gasteiger partial charge on any atom is -0.327 e.